The van der Waals surface area contributed by atoms with Gasteiger partial charge in [-0.1, -0.05) is 5.21 Å². The van der Waals surface area contributed by atoms with Crippen molar-refractivity contribution in [1.82, 2.24) is 29.9 Å². The van der Waals surface area contributed by atoms with Crippen molar-refractivity contribution in [2.45, 2.75) is 6.92 Å². The summed E-state index contributed by atoms with van der Waals surface area (Å²) in [5.41, 5.74) is 1.74. The first-order valence-electron chi connectivity index (χ1n) is 11.3. The second-order valence-corrected chi connectivity index (χ2v) is 7.91. The molecule has 1 saturated heterocycles. The van der Waals surface area contributed by atoms with E-state index < -0.39 is 0 Å². The van der Waals surface area contributed by atoms with Crippen LogP contribution in [0.25, 0.3) is 16.9 Å². The van der Waals surface area contributed by atoms with Crippen LogP contribution in [-0.4, -0.2) is 75.2 Å². The van der Waals surface area contributed by atoms with Crippen LogP contribution in [0.1, 0.15) is 6.92 Å². The Bertz CT molecular complexity index is 1300. The van der Waals surface area contributed by atoms with Gasteiger partial charge in [0.05, 0.1) is 12.3 Å². The van der Waals surface area contributed by atoms with Crippen LogP contribution >= 0.6 is 0 Å². The van der Waals surface area contributed by atoms with Gasteiger partial charge < -0.3 is 19.3 Å². The van der Waals surface area contributed by atoms with Gasteiger partial charge in [-0.2, -0.15) is 4.68 Å². The average molecular weight is 478 g/mol. The minimum absolute atomic E-state index is 0.0300. The Morgan fingerprint density at radius 2 is 1.63 bits per heavy atom. The van der Waals surface area contributed by atoms with Gasteiger partial charge in [-0.3, -0.25) is 4.79 Å². The molecule has 1 aliphatic heterocycles. The molecule has 0 N–H and O–H groups in total. The first-order chi connectivity index (χ1) is 17.1. The molecule has 35 heavy (non-hydrogen) atoms. The third-order valence-corrected chi connectivity index (χ3v) is 5.72. The fourth-order valence-electron chi connectivity index (χ4n) is 3.93. The summed E-state index contributed by atoms with van der Waals surface area (Å²) in [7, 11) is 0. The Labute approximate surface area is 200 Å². The summed E-state index contributed by atoms with van der Waals surface area (Å²) in [5, 5.41) is 8.46. The molecule has 0 atom stereocenters. The zero-order valence-corrected chi connectivity index (χ0v) is 19.2. The summed E-state index contributed by atoms with van der Waals surface area (Å²) in [4.78, 5) is 25.2. The molecule has 1 aliphatic rings. The Hall–Kier alpha value is -4.28. The number of hydrogen-bond donors (Lipinski definition) is 0. The van der Waals surface area contributed by atoms with E-state index in [1.807, 2.05) is 19.1 Å². The molecule has 180 valence electrons. The lowest BCUT2D eigenvalue weighted by atomic mass is 10.3. The summed E-state index contributed by atoms with van der Waals surface area (Å²) < 4.78 is 25.9. The van der Waals surface area contributed by atoms with E-state index in [1.165, 1.54) is 18.5 Å². The van der Waals surface area contributed by atoms with Gasteiger partial charge in [-0.05, 0) is 55.5 Å². The normalized spacial score (nSPS) is 13.8. The number of piperazine rings is 1. The molecule has 0 saturated carbocycles. The van der Waals surface area contributed by atoms with Crippen LogP contribution in [0.3, 0.4) is 0 Å². The summed E-state index contributed by atoms with van der Waals surface area (Å²) in [6, 6.07) is 13.2. The number of carbonyl (C=O) groups excluding carboxylic acids is 1. The number of rotatable bonds is 7. The molecule has 0 unspecified atom stereocenters. The predicted molar refractivity (Wildman–Crippen MR) is 126 cm³/mol. The van der Waals surface area contributed by atoms with Gasteiger partial charge in [0.15, 0.2) is 23.6 Å². The predicted octanol–water partition coefficient (Wildman–Crippen LogP) is 2.48. The third-order valence-electron chi connectivity index (χ3n) is 5.72. The Morgan fingerprint density at radius 3 is 2.31 bits per heavy atom. The maximum absolute atomic E-state index is 13.3. The van der Waals surface area contributed by atoms with Crippen molar-refractivity contribution in [3.8, 4) is 17.2 Å². The molecule has 4 aromatic rings. The van der Waals surface area contributed by atoms with Crippen molar-refractivity contribution in [3.63, 3.8) is 0 Å². The molecule has 2 aromatic heterocycles. The number of anilines is 1. The van der Waals surface area contributed by atoms with Crippen molar-refractivity contribution in [2.24, 2.45) is 0 Å². The number of nitrogens with zero attached hydrogens (tertiary/aromatic N) is 7. The summed E-state index contributed by atoms with van der Waals surface area (Å²) in [5.74, 6) is 1.63. The lowest BCUT2D eigenvalue weighted by molar-refractivity contribution is -0.133. The molecular weight excluding hydrogens is 453 g/mol. The van der Waals surface area contributed by atoms with Crippen molar-refractivity contribution >= 4 is 22.9 Å². The van der Waals surface area contributed by atoms with Crippen LogP contribution in [0.15, 0.2) is 54.9 Å². The topological polar surface area (TPSA) is 98.5 Å². The fraction of sp³-hybridized carbons (Fsp3) is 0.292. The molecular formula is C24H24FN7O3. The average Bonchev–Trinajstić information content (AvgIpc) is 3.33. The third kappa shape index (κ3) is 4.84. The van der Waals surface area contributed by atoms with Crippen molar-refractivity contribution < 1.29 is 18.7 Å². The van der Waals surface area contributed by atoms with Gasteiger partial charge in [0.25, 0.3) is 5.91 Å². The van der Waals surface area contributed by atoms with Crippen LogP contribution in [0.5, 0.6) is 11.5 Å². The van der Waals surface area contributed by atoms with E-state index in [2.05, 4.69) is 25.2 Å². The SMILES string of the molecule is CCOc1ccc(OCC(=O)N2CCN(c3ncnc4c3nnn4-c3ccc(F)cc3)CC2)cc1. The second-order valence-electron chi connectivity index (χ2n) is 7.91. The molecule has 0 spiro atoms. The van der Waals surface area contributed by atoms with E-state index >= 15 is 0 Å². The number of aromatic nitrogens is 5. The van der Waals surface area contributed by atoms with E-state index in [1.54, 1.807) is 33.8 Å². The highest BCUT2D eigenvalue weighted by Crippen LogP contribution is 2.24. The summed E-state index contributed by atoms with van der Waals surface area (Å²) >= 11 is 0. The maximum Gasteiger partial charge on any atom is 0.260 e. The molecule has 1 fully saturated rings. The number of amides is 1. The first kappa shape index (κ1) is 22.5. The lowest BCUT2D eigenvalue weighted by Gasteiger charge is -2.35. The number of halogens is 1. The smallest absolute Gasteiger partial charge is 0.260 e. The van der Waals surface area contributed by atoms with Crippen LogP contribution in [-0.2, 0) is 4.79 Å². The molecule has 0 radical (unpaired) electrons. The quantitative estimate of drug-likeness (QED) is 0.400. The Kier molecular flexibility index (Phi) is 6.38. The summed E-state index contributed by atoms with van der Waals surface area (Å²) in [6.07, 6.45) is 1.46. The van der Waals surface area contributed by atoms with Gasteiger partial charge in [-0.25, -0.2) is 14.4 Å². The van der Waals surface area contributed by atoms with Gasteiger partial charge in [0, 0.05) is 26.2 Å². The molecule has 11 heteroatoms. The van der Waals surface area contributed by atoms with Crippen molar-refractivity contribution in [2.75, 3.05) is 44.3 Å². The van der Waals surface area contributed by atoms with Gasteiger partial charge in [0.2, 0.25) is 0 Å². The van der Waals surface area contributed by atoms with E-state index in [4.69, 9.17) is 9.47 Å². The second kappa shape index (κ2) is 9.92. The van der Waals surface area contributed by atoms with Gasteiger partial charge in [-0.15, -0.1) is 5.10 Å². The van der Waals surface area contributed by atoms with Crippen LogP contribution in [0, 0.1) is 5.82 Å². The Morgan fingerprint density at radius 1 is 0.943 bits per heavy atom. The zero-order valence-electron chi connectivity index (χ0n) is 19.2. The molecule has 1 amide bonds. The number of carbonyl (C=O) groups is 1. The largest absolute Gasteiger partial charge is 0.494 e. The number of benzene rings is 2. The molecule has 2 aromatic carbocycles. The van der Waals surface area contributed by atoms with Gasteiger partial charge in [0.1, 0.15) is 23.6 Å². The van der Waals surface area contributed by atoms with Crippen LogP contribution < -0.4 is 14.4 Å². The lowest BCUT2D eigenvalue weighted by Crippen LogP contribution is -2.50. The molecule has 0 aliphatic carbocycles. The minimum atomic E-state index is -0.328. The van der Waals surface area contributed by atoms with Gasteiger partial charge >= 0.3 is 0 Å². The van der Waals surface area contributed by atoms with E-state index in [-0.39, 0.29) is 18.3 Å². The number of fused-ring (bicyclic) bond motifs is 1. The zero-order chi connectivity index (χ0) is 24.2. The number of hydrogen-bond acceptors (Lipinski definition) is 8. The Balaban J connectivity index is 1.21. The number of ether oxygens (including phenoxy) is 2. The first-order valence-corrected chi connectivity index (χ1v) is 11.3. The highest BCUT2D eigenvalue weighted by atomic mass is 19.1. The van der Waals surface area contributed by atoms with E-state index in [9.17, 15) is 9.18 Å². The molecule has 10 nitrogen and oxygen atoms in total. The highest BCUT2D eigenvalue weighted by molar-refractivity contribution is 5.84. The highest BCUT2D eigenvalue weighted by Gasteiger charge is 2.25. The van der Waals surface area contributed by atoms with Crippen LogP contribution in [0.4, 0.5) is 10.2 Å². The van der Waals surface area contributed by atoms with E-state index in [0.29, 0.717) is 61.2 Å². The van der Waals surface area contributed by atoms with Crippen molar-refractivity contribution in [1.29, 1.82) is 0 Å². The molecule has 5 rings (SSSR count). The monoisotopic (exact) mass is 477 g/mol. The molecule has 0 bridgehead atoms. The standard InChI is InChI=1S/C24H24FN7O3/c1-2-34-19-7-9-20(10-8-19)35-15-21(33)30-11-13-31(14-12-30)23-22-24(27-16-26-23)32(29-28-22)18-5-3-17(25)4-6-18/h3-10,16H,2,11-15H2,1H3. The fourth-order valence-corrected chi connectivity index (χ4v) is 3.93. The summed E-state index contributed by atoms with van der Waals surface area (Å²) in [6.45, 7) is 4.73. The van der Waals surface area contributed by atoms with Crippen molar-refractivity contribution in [3.05, 3.63) is 60.7 Å². The van der Waals surface area contributed by atoms with E-state index in [0.717, 1.165) is 5.75 Å². The van der Waals surface area contributed by atoms with Crippen LogP contribution in [0.2, 0.25) is 0 Å². The maximum atomic E-state index is 13.3. The minimum Gasteiger partial charge on any atom is -0.494 e. The molecule has 3 heterocycles.